The molecule has 1 aliphatic heterocycles. The lowest BCUT2D eigenvalue weighted by Crippen LogP contribution is -2.65. The molecule has 1 heterocycles. The van der Waals surface area contributed by atoms with Gasteiger partial charge in [-0.3, -0.25) is 4.79 Å². The molecule has 30 heavy (non-hydrogen) atoms. The molecule has 0 bridgehead atoms. The van der Waals surface area contributed by atoms with Gasteiger partial charge in [-0.2, -0.15) is 0 Å². The highest BCUT2D eigenvalue weighted by Gasteiger charge is 2.48. The maximum absolute atomic E-state index is 12.6. The minimum atomic E-state index is -1.36. The summed E-state index contributed by atoms with van der Waals surface area (Å²) >= 11 is 0. The van der Waals surface area contributed by atoms with Gasteiger partial charge in [-0.15, -0.1) is 0 Å². The monoisotopic (exact) mass is 415 g/mol. The Balaban J connectivity index is 1.82. The predicted molar refractivity (Wildman–Crippen MR) is 106 cm³/mol. The van der Waals surface area contributed by atoms with Crippen molar-refractivity contribution in [2.45, 2.75) is 44.2 Å². The Morgan fingerprint density at radius 1 is 1.07 bits per heavy atom. The Morgan fingerprint density at radius 3 is 2.30 bits per heavy atom. The second kappa shape index (κ2) is 10.3. The number of nitrogens with one attached hydrogen (secondary N) is 1. The summed E-state index contributed by atoms with van der Waals surface area (Å²) in [6, 6.07) is 16.6. The van der Waals surface area contributed by atoms with E-state index in [9.17, 15) is 19.8 Å². The van der Waals surface area contributed by atoms with Gasteiger partial charge in [0.15, 0.2) is 12.4 Å². The quantitative estimate of drug-likeness (QED) is 0.578. The van der Waals surface area contributed by atoms with Crippen molar-refractivity contribution in [3.8, 4) is 0 Å². The smallest absolute Gasteiger partial charge is 0.338 e. The number of aliphatic hydroxyl groups is 2. The number of amides is 1. The first kappa shape index (κ1) is 21.9. The van der Waals surface area contributed by atoms with Gasteiger partial charge in [0.2, 0.25) is 5.91 Å². The van der Waals surface area contributed by atoms with E-state index < -0.39 is 49.1 Å². The van der Waals surface area contributed by atoms with E-state index >= 15 is 0 Å². The van der Waals surface area contributed by atoms with Gasteiger partial charge in [-0.05, 0) is 17.7 Å². The van der Waals surface area contributed by atoms with Crippen LogP contribution in [-0.2, 0) is 25.6 Å². The number of carbonyl (C=O) groups excluding carboxylic acids is 2. The van der Waals surface area contributed by atoms with Crippen LogP contribution in [0.4, 0.5) is 0 Å². The van der Waals surface area contributed by atoms with Crippen LogP contribution in [0.1, 0.15) is 22.8 Å². The molecule has 8 heteroatoms. The molecule has 0 radical (unpaired) electrons. The van der Waals surface area contributed by atoms with Crippen LogP contribution in [0.15, 0.2) is 60.7 Å². The van der Waals surface area contributed by atoms with Crippen LogP contribution < -0.4 is 5.32 Å². The third kappa shape index (κ3) is 5.43. The zero-order valence-electron chi connectivity index (χ0n) is 16.5. The van der Waals surface area contributed by atoms with Gasteiger partial charge >= 0.3 is 5.97 Å². The lowest BCUT2D eigenvalue weighted by Gasteiger charge is -2.43. The van der Waals surface area contributed by atoms with Crippen molar-refractivity contribution in [3.63, 3.8) is 0 Å². The van der Waals surface area contributed by atoms with Crippen molar-refractivity contribution < 1.29 is 34.0 Å². The SMILES string of the molecule is CC(=O)N[C@@H]1[C@H](OCc2ccccc2)O[C@H](CO)[C@H](O)[C@H]1OC(=O)c1ccccc1. The molecule has 2 aromatic rings. The average Bonchev–Trinajstić information content (AvgIpc) is 2.76. The molecule has 3 N–H and O–H groups in total. The molecule has 8 nitrogen and oxygen atoms in total. The van der Waals surface area contributed by atoms with Gasteiger partial charge in [0, 0.05) is 6.92 Å². The molecule has 5 atom stereocenters. The standard InChI is InChI=1S/C22H25NO7/c1-14(25)23-18-20(30-21(27)16-10-6-3-7-11-16)19(26)17(12-24)29-22(18)28-13-15-8-4-2-5-9-15/h2-11,17-20,22,24,26H,12-13H2,1H3,(H,23,25)/t17-,18+,19+,20+,22-/m1/s1. The number of hydrogen-bond donors (Lipinski definition) is 3. The zero-order chi connectivity index (χ0) is 21.5. The van der Waals surface area contributed by atoms with Gasteiger partial charge in [-0.25, -0.2) is 4.79 Å². The van der Waals surface area contributed by atoms with Crippen molar-refractivity contribution in [1.29, 1.82) is 0 Å². The van der Waals surface area contributed by atoms with Gasteiger partial charge in [0.05, 0.1) is 18.8 Å². The summed E-state index contributed by atoms with van der Waals surface area (Å²) in [4.78, 5) is 24.4. The van der Waals surface area contributed by atoms with Crippen LogP contribution in [0.25, 0.3) is 0 Å². The minimum Gasteiger partial charge on any atom is -0.453 e. The minimum absolute atomic E-state index is 0.162. The zero-order valence-corrected chi connectivity index (χ0v) is 16.5. The third-order valence-electron chi connectivity index (χ3n) is 4.73. The van der Waals surface area contributed by atoms with Gasteiger partial charge in [-0.1, -0.05) is 48.5 Å². The largest absolute Gasteiger partial charge is 0.453 e. The molecule has 1 fully saturated rings. The summed E-state index contributed by atoms with van der Waals surface area (Å²) in [6.07, 6.45) is -4.66. The molecule has 1 aliphatic rings. The number of benzene rings is 2. The molecule has 0 spiro atoms. The summed E-state index contributed by atoms with van der Waals surface area (Å²) in [5.74, 6) is -1.08. The fourth-order valence-corrected chi connectivity index (χ4v) is 3.26. The Hall–Kier alpha value is -2.78. The molecular weight excluding hydrogens is 390 g/mol. The van der Waals surface area contributed by atoms with E-state index in [1.54, 1.807) is 30.3 Å². The highest BCUT2D eigenvalue weighted by Crippen LogP contribution is 2.26. The van der Waals surface area contributed by atoms with Crippen LogP contribution in [-0.4, -0.2) is 59.3 Å². The number of hydrogen-bond acceptors (Lipinski definition) is 7. The van der Waals surface area contributed by atoms with E-state index in [-0.39, 0.29) is 6.61 Å². The molecule has 160 valence electrons. The average molecular weight is 415 g/mol. The molecule has 0 aromatic heterocycles. The molecule has 2 aromatic carbocycles. The van der Waals surface area contributed by atoms with E-state index in [2.05, 4.69) is 5.32 Å². The first-order valence-electron chi connectivity index (χ1n) is 9.62. The van der Waals surface area contributed by atoms with Gasteiger partial charge < -0.3 is 29.7 Å². The van der Waals surface area contributed by atoms with Crippen LogP contribution in [0, 0.1) is 0 Å². The normalized spacial score (nSPS) is 26.0. The van der Waals surface area contributed by atoms with E-state index in [0.717, 1.165) is 5.56 Å². The number of carbonyl (C=O) groups is 2. The second-order valence-corrected chi connectivity index (χ2v) is 6.97. The summed E-state index contributed by atoms with van der Waals surface area (Å²) in [6.45, 7) is 0.947. The molecule has 0 unspecified atom stereocenters. The van der Waals surface area contributed by atoms with Crippen molar-refractivity contribution >= 4 is 11.9 Å². The Morgan fingerprint density at radius 2 is 1.70 bits per heavy atom. The van der Waals surface area contributed by atoms with Crippen molar-refractivity contribution in [1.82, 2.24) is 5.32 Å². The highest BCUT2D eigenvalue weighted by atomic mass is 16.7. The number of esters is 1. The maximum atomic E-state index is 12.6. The lowest BCUT2D eigenvalue weighted by molar-refractivity contribution is -0.273. The molecule has 0 aliphatic carbocycles. The molecular formula is C22H25NO7. The van der Waals surface area contributed by atoms with Gasteiger partial charge in [0.1, 0.15) is 18.2 Å². The van der Waals surface area contributed by atoms with E-state index in [0.29, 0.717) is 5.56 Å². The van der Waals surface area contributed by atoms with Crippen molar-refractivity contribution in [2.75, 3.05) is 6.61 Å². The molecule has 0 saturated carbocycles. The van der Waals surface area contributed by atoms with Crippen LogP contribution in [0.5, 0.6) is 0 Å². The topological polar surface area (TPSA) is 114 Å². The first-order valence-corrected chi connectivity index (χ1v) is 9.62. The molecule has 1 saturated heterocycles. The third-order valence-corrected chi connectivity index (χ3v) is 4.73. The van der Waals surface area contributed by atoms with E-state index in [1.165, 1.54) is 6.92 Å². The number of rotatable bonds is 7. The highest BCUT2D eigenvalue weighted by molar-refractivity contribution is 5.89. The first-order chi connectivity index (χ1) is 14.5. The lowest BCUT2D eigenvalue weighted by atomic mass is 9.96. The fraction of sp³-hybridized carbons (Fsp3) is 0.364. The predicted octanol–water partition coefficient (Wildman–Crippen LogP) is 1.01. The Labute approximate surface area is 174 Å². The summed E-state index contributed by atoms with van der Waals surface area (Å²) in [7, 11) is 0. The molecule has 1 amide bonds. The number of ether oxygens (including phenoxy) is 3. The summed E-state index contributed by atoms with van der Waals surface area (Å²) in [5, 5.41) is 22.9. The van der Waals surface area contributed by atoms with Crippen LogP contribution >= 0.6 is 0 Å². The fourth-order valence-electron chi connectivity index (χ4n) is 3.26. The van der Waals surface area contributed by atoms with E-state index in [4.69, 9.17) is 14.2 Å². The molecule has 3 rings (SSSR count). The van der Waals surface area contributed by atoms with Crippen LogP contribution in [0.3, 0.4) is 0 Å². The van der Waals surface area contributed by atoms with Crippen molar-refractivity contribution in [3.05, 3.63) is 71.8 Å². The maximum Gasteiger partial charge on any atom is 0.338 e. The Kier molecular flexibility index (Phi) is 7.53. The van der Waals surface area contributed by atoms with Crippen LogP contribution in [0.2, 0.25) is 0 Å². The second-order valence-electron chi connectivity index (χ2n) is 6.97. The van der Waals surface area contributed by atoms with Gasteiger partial charge in [0.25, 0.3) is 0 Å². The van der Waals surface area contributed by atoms with E-state index in [1.807, 2.05) is 30.3 Å². The Bertz CT molecular complexity index is 830. The summed E-state index contributed by atoms with van der Waals surface area (Å²) < 4.78 is 17.0. The summed E-state index contributed by atoms with van der Waals surface area (Å²) in [5.41, 5.74) is 1.16. The van der Waals surface area contributed by atoms with Crippen molar-refractivity contribution in [2.24, 2.45) is 0 Å². The number of aliphatic hydroxyl groups excluding tert-OH is 2.